The molecule has 1 atom stereocenters. The highest BCUT2D eigenvalue weighted by Crippen LogP contribution is 2.14. The molecule has 1 aliphatic heterocycles. The second-order valence-corrected chi connectivity index (χ2v) is 5.22. The van der Waals surface area contributed by atoms with Gasteiger partial charge >= 0.3 is 0 Å². The van der Waals surface area contributed by atoms with Gasteiger partial charge in [0.25, 0.3) is 5.91 Å². The third-order valence-corrected chi connectivity index (χ3v) is 3.80. The van der Waals surface area contributed by atoms with Crippen molar-refractivity contribution in [1.29, 1.82) is 0 Å². The summed E-state index contributed by atoms with van der Waals surface area (Å²) < 4.78 is 8.27. The number of likely N-dealkylation sites (N-methyl/N-ethyl adjacent to an activating group) is 1. The third-order valence-electron chi connectivity index (χ3n) is 3.24. The van der Waals surface area contributed by atoms with Crippen LogP contribution in [0.25, 0.3) is 11.0 Å². The Morgan fingerprint density at radius 3 is 3.06 bits per heavy atom. The molecular weight excluding hydrogens is 248 g/mol. The van der Waals surface area contributed by atoms with Gasteiger partial charge in [0.15, 0.2) is 0 Å². The summed E-state index contributed by atoms with van der Waals surface area (Å²) in [7, 11) is 2.07. The Morgan fingerprint density at radius 2 is 2.28 bits per heavy atom. The molecule has 1 aromatic carbocycles. The van der Waals surface area contributed by atoms with Gasteiger partial charge in [-0.2, -0.15) is 8.75 Å². The first-order valence-electron chi connectivity index (χ1n) is 5.94. The van der Waals surface area contributed by atoms with Crippen LogP contribution >= 0.6 is 11.7 Å². The number of carbonyl (C=O) groups excluding carboxylic acids is 1. The predicted molar refractivity (Wildman–Crippen MR) is 70.8 cm³/mol. The first-order valence-corrected chi connectivity index (χ1v) is 6.67. The van der Waals surface area contributed by atoms with E-state index in [1.54, 1.807) is 12.1 Å². The second-order valence-electron chi connectivity index (χ2n) is 4.69. The van der Waals surface area contributed by atoms with Gasteiger partial charge in [-0.15, -0.1) is 0 Å². The zero-order valence-electron chi connectivity index (χ0n) is 10.1. The Hall–Kier alpha value is -1.53. The molecule has 2 heterocycles. The van der Waals surface area contributed by atoms with E-state index in [9.17, 15) is 4.79 Å². The van der Waals surface area contributed by atoms with E-state index in [1.165, 1.54) is 11.7 Å². The van der Waals surface area contributed by atoms with E-state index in [1.807, 2.05) is 6.07 Å². The van der Waals surface area contributed by atoms with Crippen molar-refractivity contribution in [3.8, 4) is 0 Å². The fourth-order valence-electron chi connectivity index (χ4n) is 2.24. The van der Waals surface area contributed by atoms with Crippen LogP contribution < -0.4 is 5.32 Å². The van der Waals surface area contributed by atoms with E-state index < -0.39 is 0 Å². The smallest absolute Gasteiger partial charge is 0.251 e. The minimum absolute atomic E-state index is 0.0230. The van der Waals surface area contributed by atoms with Crippen LogP contribution in [-0.4, -0.2) is 45.7 Å². The monoisotopic (exact) mass is 262 g/mol. The van der Waals surface area contributed by atoms with E-state index in [4.69, 9.17) is 0 Å². The van der Waals surface area contributed by atoms with Gasteiger partial charge in [-0.1, -0.05) is 0 Å². The van der Waals surface area contributed by atoms with Gasteiger partial charge in [0.05, 0.1) is 11.7 Å². The van der Waals surface area contributed by atoms with Gasteiger partial charge in [-0.05, 0) is 38.2 Å². The van der Waals surface area contributed by atoms with E-state index >= 15 is 0 Å². The molecule has 2 aromatic rings. The van der Waals surface area contributed by atoms with Gasteiger partial charge in [-0.3, -0.25) is 4.79 Å². The summed E-state index contributed by atoms with van der Waals surface area (Å²) >= 11 is 1.17. The number of aromatic nitrogens is 2. The average molecular weight is 262 g/mol. The van der Waals surface area contributed by atoms with Crippen LogP contribution in [0.4, 0.5) is 0 Å². The van der Waals surface area contributed by atoms with Crippen molar-refractivity contribution in [2.24, 2.45) is 0 Å². The lowest BCUT2D eigenvalue weighted by Crippen LogP contribution is -2.36. The lowest BCUT2D eigenvalue weighted by molar-refractivity contribution is 0.0938. The normalized spacial score (nSPS) is 20.4. The molecule has 0 spiro atoms. The number of benzene rings is 1. The molecule has 18 heavy (non-hydrogen) atoms. The predicted octanol–water partition coefficient (Wildman–Crippen LogP) is 1.13. The van der Waals surface area contributed by atoms with Crippen LogP contribution in [0.15, 0.2) is 18.2 Å². The summed E-state index contributed by atoms with van der Waals surface area (Å²) in [5.74, 6) is -0.0230. The summed E-state index contributed by atoms with van der Waals surface area (Å²) in [5.41, 5.74) is 2.29. The number of fused-ring (bicyclic) bond motifs is 1. The van der Waals surface area contributed by atoms with E-state index in [-0.39, 0.29) is 11.9 Å². The molecule has 0 bridgehead atoms. The summed E-state index contributed by atoms with van der Waals surface area (Å²) in [6, 6.07) is 5.70. The number of rotatable bonds is 2. The molecule has 5 nitrogen and oxygen atoms in total. The van der Waals surface area contributed by atoms with E-state index in [0.29, 0.717) is 5.56 Å². The largest absolute Gasteiger partial charge is 0.348 e. The van der Waals surface area contributed by atoms with Crippen LogP contribution in [0.5, 0.6) is 0 Å². The summed E-state index contributed by atoms with van der Waals surface area (Å²) in [4.78, 5) is 14.3. The number of carbonyl (C=O) groups is 1. The molecule has 94 valence electrons. The van der Waals surface area contributed by atoms with E-state index in [0.717, 1.165) is 30.5 Å². The quantitative estimate of drug-likeness (QED) is 0.881. The molecule has 1 aromatic heterocycles. The topological polar surface area (TPSA) is 58.1 Å². The summed E-state index contributed by atoms with van der Waals surface area (Å²) in [6.07, 6.45) is 1.02. The fourth-order valence-corrected chi connectivity index (χ4v) is 2.76. The molecule has 0 aliphatic carbocycles. The highest BCUT2D eigenvalue weighted by Gasteiger charge is 2.21. The van der Waals surface area contributed by atoms with Crippen LogP contribution in [-0.2, 0) is 0 Å². The van der Waals surface area contributed by atoms with Gasteiger partial charge in [0, 0.05) is 18.2 Å². The van der Waals surface area contributed by atoms with Gasteiger partial charge in [0.2, 0.25) is 0 Å². The molecule has 1 saturated heterocycles. The van der Waals surface area contributed by atoms with Gasteiger partial charge < -0.3 is 10.2 Å². The maximum absolute atomic E-state index is 12.1. The highest BCUT2D eigenvalue weighted by molar-refractivity contribution is 7.00. The third kappa shape index (κ3) is 2.21. The van der Waals surface area contributed by atoms with Crippen molar-refractivity contribution in [3.63, 3.8) is 0 Å². The van der Waals surface area contributed by atoms with Crippen LogP contribution in [0.2, 0.25) is 0 Å². The number of amides is 1. The van der Waals surface area contributed by atoms with Gasteiger partial charge in [-0.25, -0.2) is 0 Å². The number of hydrogen-bond donors (Lipinski definition) is 1. The Bertz CT molecular complexity index is 582. The SMILES string of the molecule is CN1CC[C@@H](NC(=O)c2ccc3nsnc3c2)C1. The first kappa shape index (κ1) is 11.6. The zero-order valence-corrected chi connectivity index (χ0v) is 10.9. The molecule has 1 amide bonds. The molecule has 0 radical (unpaired) electrons. The standard InChI is InChI=1S/C12H14N4OS/c1-16-5-4-9(7-16)13-12(17)8-2-3-10-11(6-8)15-18-14-10/h2-3,6,9H,4-5,7H2,1H3,(H,13,17)/t9-/m1/s1. The molecule has 1 aliphatic rings. The number of nitrogens with zero attached hydrogens (tertiary/aromatic N) is 3. The summed E-state index contributed by atoms with van der Waals surface area (Å²) in [5, 5.41) is 3.06. The molecule has 3 rings (SSSR count). The van der Waals surface area contributed by atoms with Crippen molar-refractivity contribution in [2.45, 2.75) is 12.5 Å². The Balaban J connectivity index is 1.75. The number of likely N-dealkylation sites (tertiary alicyclic amines) is 1. The molecule has 0 saturated carbocycles. The molecule has 1 N–H and O–H groups in total. The Kier molecular flexibility index (Phi) is 2.97. The maximum atomic E-state index is 12.1. The number of nitrogens with one attached hydrogen (secondary N) is 1. The average Bonchev–Trinajstić information content (AvgIpc) is 2.96. The van der Waals surface area contributed by atoms with Crippen molar-refractivity contribution in [1.82, 2.24) is 19.0 Å². The maximum Gasteiger partial charge on any atom is 0.251 e. The lowest BCUT2D eigenvalue weighted by Gasteiger charge is -2.12. The Morgan fingerprint density at radius 1 is 1.44 bits per heavy atom. The summed E-state index contributed by atoms with van der Waals surface area (Å²) in [6.45, 7) is 1.96. The molecule has 6 heteroatoms. The minimum atomic E-state index is -0.0230. The fraction of sp³-hybridized carbons (Fsp3) is 0.417. The van der Waals surface area contributed by atoms with Crippen molar-refractivity contribution >= 4 is 28.7 Å². The first-order chi connectivity index (χ1) is 8.72. The zero-order chi connectivity index (χ0) is 12.5. The lowest BCUT2D eigenvalue weighted by atomic mass is 10.1. The van der Waals surface area contributed by atoms with Crippen molar-refractivity contribution in [3.05, 3.63) is 23.8 Å². The van der Waals surface area contributed by atoms with Crippen LogP contribution in [0.3, 0.4) is 0 Å². The van der Waals surface area contributed by atoms with Crippen molar-refractivity contribution < 1.29 is 4.79 Å². The van der Waals surface area contributed by atoms with Crippen molar-refractivity contribution in [2.75, 3.05) is 20.1 Å². The number of hydrogen-bond acceptors (Lipinski definition) is 5. The van der Waals surface area contributed by atoms with Crippen LogP contribution in [0.1, 0.15) is 16.8 Å². The molecule has 0 unspecified atom stereocenters. The second kappa shape index (κ2) is 4.62. The molecule has 1 fully saturated rings. The Labute approximate surface area is 109 Å². The highest BCUT2D eigenvalue weighted by atomic mass is 32.1. The minimum Gasteiger partial charge on any atom is -0.348 e. The molecular formula is C12H14N4OS. The van der Waals surface area contributed by atoms with E-state index in [2.05, 4.69) is 26.0 Å². The van der Waals surface area contributed by atoms with Crippen LogP contribution in [0, 0.1) is 0 Å². The van der Waals surface area contributed by atoms with Gasteiger partial charge in [0.1, 0.15) is 11.0 Å².